The Morgan fingerprint density at radius 3 is 2.63 bits per heavy atom. The largest absolute Gasteiger partial charge is 0.408 e. The van der Waals surface area contributed by atoms with Crippen molar-refractivity contribution in [1.82, 2.24) is 15.4 Å². The summed E-state index contributed by atoms with van der Waals surface area (Å²) >= 11 is 0. The molecule has 19 heavy (non-hydrogen) atoms. The van der Waals surface area contributed by atoms with Crippen molar-refractivity contribution in [2.24, 2.45) is 5.92 Å². The predicted molar refractivity (Wildman–Crippen MR) is 70.8 cm³/mol. The van der Waals surface area contributed by atoms with Crippen LogP contribution in [-0.2, 0) is 13.0 Å². The van der Waals surface area contributed by atoms with Gasteiger partial charge in [0, 0.05) is 18.5 Å². The minimum atomic E-state index is 0.443. The van der Waals surface area contributed by atoms with Gasteiger partial charge in [-0.15, -0.1) is 5.10 Å². The van der Waals surface area contributed by atoms with E-state index in [4.69, 9.17) is 8.94 Å². The molecule has 0 fully saturated rings. The highest BCUT2D eigenvalue weighted by molar-refractivity contribution is 5.27. The smallest absolute Gasteiger partial charge is 0.315 e. The van der Waals surface area contributed by atoms with E-state index in [1.807, 2.05) is 13.8 Å². The van der Waals surface area contributed by atoms with Gasteiger partial charge in [-0.05, 0) is 26.2 Å². The van der Waals surface area contributed by atoms with Crippen molar-refractivity contribution < 1.29 is 8.94 Å². The quantitative estimate of drug-likeness (QED) is 0.864. The maximum atomic E-state index is 5.53. The van der Waals surface area contributed by atoms with Gasteiger partial charge in [0.15, 0.2) is 0 Å². The summed E-state index contributed by atoms with van der Waals surface area (Å²) < 4.78 is 10.6. The first-order chi connectivity index (χ1) is 9.06. The van der Waals surface area contributed by atoms with Crippen LogP contribution in [0.15, 0.2) is 8.94 Å². The summed E-state index contributed by atoms with van der Waals surface area (Å²) in [7, 11) is 0. The van der Waals surface area contributed by atoms with Crippen LogP contribution in [0.4, 0.5) is 6.01 Å². The molecule has 0 atom stereocenters. The van der Waals surface area contributed by atoms with Crippen LogP contribution in [0.3, 0.4) is 0 Å². The zero-order chi connectivity index (χ0) is 13.8. The molecule has 6 nitrogen and oxygen atoms in total. The van der Waals surface area contributed by atoms with Crippen LogP contribution in [0.25, 0.3) is 0 Å². The zero-order valence-corrected chi connectivity index (χ0v) is 11.9. The van der Waals surface area contributed by atoms with Crippen LogP contribution in [0.1, 0.15) is 43.2 Å². The minimum Gasteiger partial charge on any atom is -0.408 e. The first-order valence-corrected chi connectivity index (χ1v) is 6.54. The summed E-state index contributed by atoms with van der Waals surface area (Å²) in [6, 6.07) is 0.443. The van der Waals surface area contributed by atoms with E-state index >= 15 is 0 Å². The van der Waals surface area contributed by atoms with E-state index in [9.17, 15) is 0 Å². The van der Waals surface area contributed by atoms with Crippen molar-refractivity contribution in [2.75, 3.05) is 5.32 Å². The Balaban J connectivity index is 1.90. The van der Waals surface area contributed by atoms with Gasteiger partial charge in [-0.3, -0.25) is 0 Å². The Bertz CT molecular complexity index is 511. The number of rotatable bonds is 6. The molecule has 0 amide bonds. The molecule has 0 unspecified atom stereocenters. The van der Waals surface area contributed by atoms with Gasteiger partial charge in [-0.2, -0.15) is 0 Å². The molecule has 0 saturated heterocycles. The summed E-state index contributed by atoms with van der Waals surface area (Å²) in [5.41, 5.74) is 1.91. The van der Waals surface area contributed by atoms with Gasteiger partial charge in [0.05, 0.1) is 5.69 Å². The van der Waals surface area contributed by atoms with E-state index in [1.54, 1.807) is 0 Å². The van der Waals surface area contributed by atoms with Gasteiger partial charge >= 0.3 is 6.01 Å². The lowest BCUT2D eigenvalue weighted by atomic mass is 10.1. The average Bonchev–Trinajstić information content (AvgIpc) is 2.93. The lowest BCUT2D eigenvalue weighted by Gasteiger charge is -2.01. The van der Waals surface area contributed by atoms with Crippen molar-refractivity contribution in [3.8, 4) is 0 Å². The predicted octanol–water partition coefficient (Wildman–Crippen LogP) is 2.88. The molecule has 2 aromatic heterocycles. The van der Waals surface area contributed by atoms with Gasteiger partial charge in [0.2, 0.25) is 5.89 Å². The van der Waals surface area contributed by atoms with E-state index in [1.165, 1.54) is 0 Å². The highest BCUT2D eigenvalue weighted by Crippen LogP contribution is 2.15. The van der Waals surface area contributed by atoms with Crippen molar-refractivity contribution in [1.29, 1.82) is 0 Å². The SMILES string of the molecule is Cc1noc(C)c1CNc1nnc(CCC(C)C)o1. The molecule has 6 heteroatoms. The third kappa shape index (κ3) is 3.56. The fourth-order valence-corrected chi connectivity index (χ4v) is 1.76. The first kappa shape index (κ1) is 13.6. The number of aromatic nitrogens is 3. The molecular formula is C13H20N4O2. The molecule has 0 radical (unpaired) electrons. The second-order valence-corrected chi connectivity index (χ2v) is 5.09. The molecule has 2 heterocycles. The molecule has 0 aromatic carbocycles. The van der Waals surface area contributed by atoms with Crippen molar-refractivity contribution in [3.63, 3.8) is 0 Å². The molecule has 104 valence electrons. The van der Waals surface area contributed by atoms with Crippen LogP contribution in [0, 0.1) is 19.8 Å². The van der Waals surface area contributed by atoms with Gasteiger partial charge in [-0.1, -0.05) is 24.1 Å². The number of nitrogens with one attached hydrogen (secondary N) is 1. The first-order valence-electron chi connectivity index (χ1n) is 6.54. The molecule has 0 aliphatic heterocycles. The molecule has 2 aromatic rings. The number of anilines is 1. The molecule has 0 bridgehead atoms. The summed E-state index contributed by atoms with van der Waals surface area (Å²) in [4.78, 5) is 0. The minimum absolute atomic E-state index is 0.443. The monoisotopic (exact) mass is 264 g/mol. The van der Waals surface area contributed by atoms with Crippen LogP contribution < -0.4 is 5.32 Å². The molecule has 0 saturated carbocycles. The van der Waals surface area contributed by atoms with Crippen LogP contribution in [0.5, 0.6) is 0 Å². The number of hydrogen-bond acceptors (Lipinski definition) is 6. The van der Waals surface area contributed by atoms with E-state index in [-0.39, 0.29) is 0 Å². The van der Waals surface area contributed by atoms with E-state index in [0.29, 0.717) is 24.4 Å². The summed E-state index contributed by atoms with van der Waals surface area (Å²) in [5, 5.41) is 15.0. The highest BCUT2D eigenvalue weighted by Gasteiger charge is 2.11. The maximum Gasteiger partial charge on any atom is 0.315 e. The Morgan fingerprint density at radius 2 is 2.00 bits per heavy atom. The van der Waals surface area contributed by atoms with Crippen LogP contribution >= 0.6 is 0 Å². The lowest BCUT2D eigenvalue weighted by molar-refractivity contribution is 0.392. The fourth-order valence-electron chi connectivity index (χ4n) is 1.76. The standard InChI is InChI=1S/C13H20N4O2/c1-8(2)5-6-12-15-16-13(18-12)14-7-11-9(3)17-19-10(11)4/h8H,5-7H2,1-4H3,(H,14,16). The Hall–Kier alpha value is -1.85. The van der Waals surface area contributed by atoms with Crippen LogP contribution in [0.2, 0.25) is 0 Å². The fraction of sp³-hybridized carbons (Fsp3) is 0.615. The number of aryl methyl sites for hydroxylation is 3. The molecule has 1 N–H and O–H groups in total. The Labute approximate surface area is 112 Å². The Morgan fingerprint density at radius 1 is 1.21 bits per heavy atom. The maximum absolute atomic E-state index is 5.53. The lowest BCUT2D eigenvalue weighted by Crippen LogP contribution is -2.01. The van der Waals surface area contributed by atoms with Crippen molar-refractivity contribution in [3.05, 3.63) is 22.9 Å². The third-order valence-corrected chi connectivity index (χ3v) is 3.00. The summed E-state index contributed by atoms with van der Waals surface area (Å²) in [6.45, 7) is 8.72. The normalized spacial score (nSPS) is 11.2. The average molecular weight is 264 g/mol. The molecule has 0 aliphatic carbocycles. The van der Waals surface area contributed by atoms with E-state index in [0.717, 1.165) is 29.9 Å². The Kier molecular flexibility index (Phi) is 4.19. The van der Waals surface area contributed by atoms with Crippen LogP contribution in [-0.4, -0.2) is 15.4 Å². The second-order valence-electron chi connectivity index (χ2n) is 5.09. The van der Waals surface area contributed by atoms with Gasteiger partial charge < -0.3 is 14.3 Å². The topological polar surface area (TPSA) is 77.0 Å². The number of nitrogens with zero attached hydrogens (tertiary/aromatic N) is 3. The van der Waals surface area contributed by atoms with E-state index in [2.05, 4.69) is 34.5 Å². The van der Waals surface area contributed by atoms with Crippen molar-refractivity contribution >= 4 is 6.01 Å². The third-order valence-electron chi connectivity index (χ3n) is 3.00. The highest BCUT2D eigenvalue weighted by atomic mass is 16.5. The molecular weight excluding hydrogens is 244 g/mol. The summed E-state index contributed by atoms with van der Waals surface area (Å²) in [6.07, 6.45) is 1.86. The molecule has 2 rings (SSSR count). The zero-order valence-electron chi connectivity index (χ0n) is 11.9. The van der Waals surface area contributed by atoms with Gasteiger partial charge in [0.1, 0.15) is 5.76 Å². The number of hydrogen-bond donors (Lipinski definition) is 1. The van der Waals surface area contributed by atoms with Gasteiger partial charge in [0.25, 0.3) is 0 Å². The molecule has 0 aliphatic rings. The van der Waals surface area contributed by atoms with Crippen molar-refractivity contribution in [2.45, 2.75) is 47.1 Å². The second kappa shape index (κ2) is 5.86. The van der Waals surface area contributed by atoms with Gasteiger partial charge in [-0.25, -0.2) is 0 Å². The van der Waals surface area contributed by atoms with E-state index < -0.39 is 0 Å². The molecule has 0 spiro atoms. The summed E-state index contributed by atoms with van der Waals surface area (Å²) in [5.74, 6) is 2.12.